The lowest BCUT2D eigenvalue weighted by atomic mass is 9.86. The number of rotatable bonds is 7. The van der Waals surface area contributed by atoms with E-state index in [1.807, 2.05) is 31.2 Å². The average Bonchev–Trinajstić information content (AvgIpc) is 2.91. The van der Waals surface area contributed by atoms with Crippen LogP contribution in [0.25, 0.3) is 0 Å². The highest BCUT2D eigenvalue weighted by Gasteiger charge is 2.38. The summed E-state index contributed by atoms with van der Waals surface area (Å²) in [4.78, 5) is 19.4. The van der Waals surface area contributed by atoms with E-state index in [4.69, 9.17) is 4.74 Å². The van der Waals surface area contributed by atoms with E-state index in [2.05, 4.69) is 16.7 Å². The van der Waals surface area contributed by atoms with Crippen LogP contribution in [0.1, 0.15) is 53.5 Å². The van der Waals surface area contributed by atoms with E-state index >= 15 is 0 Å². The van der Waals surface area contributed by atoms with Crippen LogP contribution in [0.2, 0.25) is 0 Å². The largest absolute Gasteiger partial charge is 0.416 e. The van der Waals surface area contributed by atoms with Gasteiger partial charge in [0.1, 0.15) is 6.23 Å². The average molecular weight is 572 g/mol. The quantitative estimate of drug-likeness (QED) is 0.387. The number of piperazine rings is 1. The number of likely N-dealkylation sites (N-methyl/N-ethyl adjacent to an activating group) is 1. The van der Waals surface area contributed by atoms with E-state index in [1.54, 1.807) is 4.90 Å². The molecule has 2 aromatic carbocycles. The highest BCUT2D eigenvalue weighted by molar-refractivity contribution is 5.78. The van der Waals surface area contributed by atoms with E-state index in [9.17, 15) is 31.1 Å². The zero-order valence-corrected chi connectivity index (χ0v) is 22.7. The van der Waals surface area contributed by atoms with Gasteiger partial charge in [-0.25, -0.2) is 0 Å². The van der Waals surface area contributed by atoms with Gasteiger partial charge in [-0.15, -0.1) is 0 Å². The molecule has 0 N–H and O–H groups in total. The van der Waals surface area contributed by atoms with Crippen LogP contribution in [0.3, 0.4) is 0 Å². The highest BCUT2D eigenvalue weighted by Crippen LogP contribution is 2.38. The number of carbonyl (C=O) groups excluding carboxylic acids is 1. The van der Waals surface area contributed by atoms with Crippen molar-refractivity contribution >= 4 is 5.91 Å². The third-order valence-electron chi connectivity index (χ3n) is 7.86. The van der Waals surface area contributed by atoms with Crippen LogP contribution in [0.15, 0.2) is 42.5 Å². The zero-order valence-electron chi connectivity index (χ0n) is 22.7. The molecule has 5 nitrogen and oxygen atoms in total. The molecule has 0 aliphatic carbocycles. The number of nitrogens with zero attached hydrogens (tertiary/aromatic N) is 3. The van der Waals surface area contributed by atoms with Gasteiger partial charge in [-0.3, -0.25) is 9.69 Å². The topological polar surface area (TPSA) is 36.0 Å². The molecule has 2 atom stereocenters. The highest BCUT2D eigenvalue weighted by atomic mass is 19.4. The van der Waals surface area contributed by atoms with Gasteiger partial charge in [-0.2, -0.15) is 26.3 Å². The number of piperidine rings is 1. The molecule has 11 heteroatoms. The van der Waals surface area contributed by atoms with Crippen LogP contribution in [0.5, 0.6) is 0 Å². The summed E-state index contributed by atoms with van der Waals surface area (Å²) >= 11 is 0. The monoisotopic (exact) mass is 571 g/mol. The second kappa shape index (κ2) is 12.5. The molecule has 0 bridgehead atoms. The molecule has 2 aliphatic rings. The van der Waals surface area contributed by atoms with Crippen molar-refractivity contribution < 1.29 is 35.9 Å². The molecule has 0 aromatic heterocycles. The van der Waals surface area contributed by atoms with E-state index < -0.39 is 36.3 Å². The van der Waals surface area contributed by atoms with Crippen molar-refractivity contribution in [2.45, 2.75) is 57.8 Å². The van der Waals surface area contributed by atoms with Crippen molar-refractivity contribution in [1.29, 1.82) is 0 Å². The predicted molar refractivity (Wildman–Crippen MR) is 138 cm³/mol. The third kappa shape index (κ3) is 7.55. The molecule has 2 aliphatic heterocycles. The van der Waals surface area contributed by atoms with Gasteiger partial charge in [0.25, 0.3) is 0 Å². The Morgan fingerprint density at radius 1 is 0.900 bits per heavy atom. The van der Waals surface area contributed by atoms with E-state index in [0.717, 1.165) is 43.9 Å². The lowest BCUT2D eigenvalue weighted by Gasteiger charge is -2.41. The van der Waals surface area contributed by atoms with Gasteiger partial charge in [0.15, 0.2) is 0 Å². The maximum Gasteiger partial charge on any atom is 0.416 e. The number of amides is 1. The van der Waals surface area contributed by atoms with E-state index in [1.165, 1.54) is 0 Å². The summed E-state index contributed by atoms with van der Waals surface area (Å²) in [6, 6.07) is 9.30. The minimum absolute atomic E-state index is 0.0376. The molecule has 4 rings (SSSR count). The van der Waals surface area contributed by atoms with Crippen LogP contribution in [-0.2, 0) is 28.5 Å². The SMILES string of the molecule is CCN1CCN(CC(=O)N2CC[C@H](c3ccccc3C)CC2OCc2cc(C(F)(F)F)cc(C(F)(F)F)c2)CC1. The molecular formula is C29H35F6N3O2. The van der Waals surface area contributed by atoms with Gasteiger partial charge < -0.3 is 14.5 Å². The lowest BCUT2D eigenvalue weighted by molar-refractivity contribution is -0.155. The molecule has 2 fully saturated rings. The minimum atomic E-state index is -4.94. The first-order valence-corrected chi connectivity index (χ1v) is 13.5. The number of hydrogen-bond acceptors (Lipinski definition) is 4. The van der Waals surface area contributed by atoms with Crippen LogP contribution in [0.4, 0.5) is 26.3 Å². The Bertz CT molecular complexity index is 1130. The third-order valence-corrected chi connectivity index (χ3v) is 7.86. The number of halogens is 6. The molecular weight excluding hydrogens is 536 g/mol. The molecule has 1 amide bonds. The molecule has 2 saturated heterocycles. The Kier molecular flexibility index (Phi) is 9.47. The number of benzene rings is 2. The summed E-state index contributed by atoms with van der Waals surface area (Å²) in [7, 11) is 0. The fourth-order valence-electron chi connectivity index (χ4n) is 5.54. The van der Waals surface area contributed by atoms with Gasteiger partial charge in [-0.05, 0) is 67.1 Å². The normalized spacial score (nSPS) is 21.6. The maximum absolute atomic E-state index is 13.4. The second-order valence-corrected chi connectivity index (χ2v) is 10.6. The molecule has 220 valence electrons. The number of carbonyl (C=O) groups is 1. The Balaban J connectivity index is 1.54. The predicted octanol–water partition coefficient (Wildman–Crippen LogP) is 5.92. The summed E-state index contributed by atoms with van der Waals surface area (Å²) in [5.41, 5.74) is -0.851. The number of aryl methyl sites for hydroxylation is 1. The van der Waals surface area contributed by atoms with E-state index in [-0.39, 0.29) is 30.0 Å². The van der Waals surface area contributed by atoms with Crippen molar-refractivity contribution in [3.8, 4) is 0 Å². The first-order chi connectivity index (χ1) is 18.8. The van der Waals surface area contributed by atoms with Gasteiger partial charge in [0.2, 0.25) is 5.91 Å². The fourth-order valence-corrected chi connectivity index (χ4v) is 5.54. The van der Waals surface area contributed by atoms with Gasteiger partial charge in [0.05, 0.1) is 24.3 Å². The molecule has 0 saturated carbocycles. The van der Waals surface area contributed by atoms with Crippen LogP contribution in [0, 0.1) is 6.92 Å². The molecule has 40 heavy (non-hydrogen) atoms. The van der Waals surface area contributed by atoms with Crippen molar-refractivity contribution in [1.82, 2.24) is 14.7 Å². The summed E-state index contributed by atoms with van der Waals surface area (Å²) < 4.78 is 86.3. The molecule has 1 unspecified atom stereocenters. The molecule has 0 radical (unpaired) electrons. The smallest absolute Gasteiger partial charge is 0.354 e. The number of hydrogen-bond donors (Lipinski definition) is 0. The summed E-state index contributed by atoms with van der Waals surface area (Å²) in [5, 5.41) is 0. The lowest BCUT2D eigenvalue weighted by Crippen LogP contribution is -2.53. The van der Waals surface area contributed by atoms with Crippen LogP contribution in [-0.4, -0.2) is 72.6 Å². The Morgan fingerprint density at radius 2 is 1.50 bits per heavy atom. The van der Waals surface area contributed by atoms with E-state index in [0.29, 0.717) is 31.5 Å². The molecule has 2 heterocycles. The molecule has 2 aromatic rings. The van der Waals surface area contributed by atoms with Gasteiger partial charge >= 0.3 is 12.4 Å². The van der Waals surface area contributed by atoms with Gasteiger partial charge in [0, 0.05) is 32.7 Å². The summed E-state index contributed by atoms with van der Waals surface area (Å²) in [5.74, 6) is -0.117. The first-order valence-electron chi connectivity index (χ1n) is 13.5. The summed E-state index contributed by atoms with van der Waals surface area (Å²) in [6.07, 6.45) is -9.60. The van der Waals surface area contributed by atoms with Gasteiger partial charge in [-0.1, -0.05) is 31.2 Å². The van der Waals surface area contributed by atoms with Crippen molar-refractivity contribution in [3.63, 3.8) is 0 Å². The fraction of sp³-hybridized carbons (Fsp3) is 0.552. The Labute approximate surface area is 230 Å². The van der Waals surface area contributed by atoms with Crippen LogP contribution < -0.4 is 0 Å². The number of likely N-dealkylation sites (tertiary alicyclic amines) is 1. The first kappa shape index (κ1) is 30.3. The second-order valence-electron chi connectivity index (χ2n) is 10.6. The maximum atomic E-state index is 13.4. The Hall–Kier alpha value is -2.63. The Morgan fingerprint density at radius 3 is 2.08 bits per heavy atom. The van der Waals surface area contributed by atoms with Crippen molar-refractivity contribution in [3.05, 3.63) is 70.3 Å². The zero-order chi connectivity index (χ0) is 29.1. The minimum Gasteiger partial charge on any atom is -0.354 e. The summed E-state index contributed by atoms with van der Waals surface area (Å²) in [6.45, 7) is 8.30. The number of ether oxygens (including phenoxy) is 1. The molecule has 0 spiro atoms. The standard InChI is InChI=1S/C29H35F6N3O2/c1-3-36-10-12-37(13-11-36)18-26(39)38-9-8-22(25-7-5-4-6-20(25)2)16-27(38)40-19-21-14-23(28(30,31)32)17-24(15-21)29(33,34)35/h4-7,14-15,17,22,27H,3,8-13,16,18-19H2,1-2H3/t22-,27?/m0/s1. The van der Waals surface area contributed by atoms with Crippen molar-refractivity contribution in [2.24, 2.45) is 0 Å². The van der Waals surface area contributed by atoms with Crippen LogP contribution >= 0.6 is 0 Å². The van der Waals surface area contributed by atoms with Crippen molar-refractivity contribution in [2.75, 3.05) is 45.8 Å². The number of alkyl halides is 6.